The molecule has 110 valence electrons. The van der Waals surface area contributed by atoms with E-state index in [2.05, 4.69) is 4.74 Å². The molecule has 0 saturated heterocycles. The second-order valence-electron chi connectivity index (χ2n) is 4.40. The minimum Gasteiger partial charge on any atom is -0.405 e. The van der Waals surface area contributed by atoms with Gasteiger partial charge in [-0.1, -0.05) is 29.8 Å². The highest BCUT2D eigenvalue weighted by molar-refractivity contribution is 6.33. The average molecular weight is 315 g/mol. The van der Waals surface area contributed by atoms with E-state index in [9.17, 15) is 18.0 Å². The van der Waals surface area contributed by atoms with Crippen molar-refractivity contribution in [1.29, 1.82) is 0 Å². The molecule has 21 heavy (non-hydrogen) atoms. The van der Waals surface area contributed by atoms with Crippen LogP contribution in [0.2, 0.25) is 5.02 Å². The summed E-state index contributed by atoms with van der Waals surface area (Å²) in [5.74, 6) is -0.538. The van der Waals surface area contributed by atoms with E-state index in [-0.39, 0.29) is 5.56 Å². The highest BCUT2D eigenvalue weighted by Gasteiger charge is 2.32. The van der Waals surface area contributed by atoms with Gasteiger partial charge >= 0.3 is 6.36 Å². The zero-order valence-electron chi connectivity index (χ0n) is 10.9. The van der Waals surface area contributed by atoms with E-state index < -0.39 is 12.1 Å². The number of rotatable bonds is 3. The Morgan fingerprint density at radius 2 is 1.86 bits per heavy atom. The predicted octanol–water partition coefficient (Wildman–Crippen LogP) is 5.03. The summed E-state index contributed by atoms with van der Waals surface area (Å²) in [6, 6.07) is 9.13. The lowest BCUT2D eigenvalue weighted by atomic mass is 10.0. The molecule has 0 heterocycles. The number of aryl methyl sites for hydroxylation is 1. The van der Waals surface area contributed by atoms with Crippen molar-refractivity contribution in [2.45, 2.75) is 13.3 Å². The van der Waals surface area contributed by atoms with E-state index in [4.69, 9.17) is 11.6 Å². The van der Waals surface area contributed by atoms with Gasteiger partial charge in [-0.05, 0) is 36.2 Å². The molecule has 2 rings (SSSR count). The molecule has 2 aromatic carbocycles. The number of benzene rings is 2. The maximum Gasteiger partial charge on any atom is 0.573 e. The lowest BCUT2D eigenvalue weighted by molar-refractivity contribution is -0.274. The Labute approximate surface area is 124 Å². The van der Waals surface area contributed by atoms with Crippen molar-refractivity contribution in [3.8, 4) is 16.9 Å². The molecule has 2 aromatic rings. The largest absolute Gasteiger partial charge is 0.573 e. The predicted molar refractivity (Wildman–Crippen MR) is 73.7 cm³/mol. The molecule has 2 nitrogen and oxygen atoms in total. The molecule has 0 aliphatic carbocycles. The average Bonchev–Trinajstić information content (AvgIpc) is 2.38. The molecule has 0 atom stereocenters. The first-order chi connectivity index (χ1) is 9.80. The minimum atomic E-state index is -4.85. The highest BCUT2D eigenvalue weighted by Crippen LogP contribution is 2.33. The summed E-state index contributed by atoms with van der Waals surface area (Å²) in [7, 11) is 0. The molecule has 0 radical (unpaired) electrons. The fourth-order valence-corrected chi connectivity index (χ4v) is 2.22. The molecule has 0 fully saturated rings. The Hall–Kier alpha value is -2.01. The first-order valence-corrected chi connectivity index (χ1v) is 6.29. The number of halogens is 4. The van der Waals surface area contributed by atoms with Gasteiger partial charge in [-0.2, -0.15) is 0 Å². The lowest BCUT2D eigenvalue weighted by Crippen LogP contribution is -2.18. The van der Waals surface area contributed by atoms with Crippen LogP contribution in [0.25, 0.3) is 11.1 Å². The number of carbonyl (C=O) groups excluding carboxylic acids is 1. The van der Waals surface area contributed by atoms with Crippen molar-refractivity contribution in [1.82, 2.24) is 0 Å². The molecule has 0 N–H and O–H groups in total. The Morgan fingerprint density at radius 1 is 1.14 bits per heavy atom. The van der Waals surface area contributed by atoms with Crippen LogP contribution >= 0.6 is 11.6 Å². The fraction of sp³-hybridized carbons (Fsp3) is 0.133. The molecule has 6 heteroatoms. The molecule has 0 amide bonds. The molecule has 0 aliphatic rings. The normalized spacial score (nSPS) is 11.3. The van der Waals surface area contributed by atoms with Crippen LogP contribution in [-0.2, 0) is 0 Å². The number of hydrogen-bond acceptors (Lipinski definition) is 2. The first kappa shape index (κ1) is 15.4. The van der Waals surface area contributed by atoms with Crippen LogP contribution in [0.1, 0.15) is 15.9 Å². The molecule has 0 bridgehead atoms. The maximum absolute atomic E-state index is 12.2. The minimum absolute atomic E-state index is 0.193. The van der Waals surface area contributed by atoms with Crippen molar-refractivity contribution in [3.63, 3.8) is 0 Å². The van der Waals surface area contributed by atoms with Gasteiger partial charge in [-0.3, -0.25) is 4.79 Å². The van der Waals surface area contributed by atoms with Crippen LogP contribution < -0.4 is 4.74 Å². The number of alkyl halides is 3. The van der Waals surface area contributed by atoms with Crippen molar-refractivity contribution < 1.29 is 22.7 Å². The third kappa shape index (κ3) is 3.76. The third-order valence-electron chi connectivity index (χ3n) is 2.80. The van der Waals surface area contributed by atoms with E-state index in [1.165, 1.54) is 12.1 Å². The van der Waals surface area contributed by atoms with Crippen LogP contribution in [0.3, 0.4) is 0 Å². The van der Waals surface area contributed by atoms with Gasteiger partial charge in [0, 0.05) is 10.6 Å². The Kier molecular flexibility index (Phi) is 4.23. The van der Waals surface area contributed by atoms with Gasteiger partial charge in [0.2, 0.25) is 0 Å². The number of hydrogen-bond donors (Lipinski definition) is 0. The van der Waals surface area contributed by atoms with Crippen molar-refractivity contribution in [3.05, 3.63) is 52.5 Å². The number of aldehydes is 1. The first-order valence-electron chi connectivity index (χ1n) is 5.91. The fourth-order valence-electron chi connectivity index (χ4n) is 1.88. The smallest absolute Gasteiger partial charge is 0.405 e. The lowest BCUT2D eigenvalue weighted by Gasteiger charge is -2.12. The molecule has 0 aromatic heterocycles. The van der Waals surface area contributed by atoms with Crippen LogP contribution in [0.4, 0.5) is 13.2 Å². The van der Waals surface area contributed by atoms with Gasteiger partial charge < -0.3 is 4.74 Å². The van der Waals surface area contributed by atoms with Crippen LogP contribution in [0.15, 0.2) is 36.4 Å². The summed E-state index contributed by atoms with van der Waals surface area (Å²) < 4.78 is 40.5. The monoisotopic (exact) mass is 314 g/mol. The van der Waals surface area contributed by atoms with E-state index in [0.29, 0.717) is 22.4 Å². The summed E-state index contributed by atoms with van der Waals surface area (Å²) in [4.78, 5) is 11.0. The van der Waals surface area contributed by atoms with Crippen LogP contribution in [0, 0.1) is 6.92 Å². The molecular formula is C15H10ClF3O2. The van der Waals surface area contributed by atoms with E-state index in [1.807, 2.05) is 13.0 Å². The third-order valence-corrected chi connectivity index (χ3v) is 3.11. The molecule has 0 aliphatic heterocycles. The van der Waals surface area contributed by atoms with Gasteiger partial charge in [-0.15, -0.1) is 13.2 Å². The number of ether oxygens (including phenoxy) is 1. The Morgan fingerprint density at radius 3 is 2.43 bits per heavy atom. The molecular weight excluding hydrogens is 305 g/mol. The molecule has 0 spiro atoms. The SMILES string of the molecule is Cc1ccc(-c2ccc(OC(F)(F)F)c(C=O)c2)c(Cl)c1. The van der Waals surface area contributed by atoms with E-state index in [1.54, 1.807) is 12.1 Å². The van der Waals surface area contributed by atoms with Gasteiger partial charge in [-0.25, -0.2) is 0 Å². The van der Waals surface area contributed by atoms with Gasteiger partial charge in [0.15, 0.2) is 6.29 Å². The number of carbonyl (C=O) groups is 1. The molecule has 0 saturated carbocycles. The van der Waals surface area contributed by atoms with Gasteiger partial charge in [0.05, 0.1) is 5.56 Å². The maximum atomic E-state index is 12.2. The quantitative estimate of drug-likeness (QED) is 0.743. The van der Waals surface area contributed by atoms with Crippen LogP contribution in [-0.4, -0.2) is 12.6 Å². The Balaban J connectivity index is 2.46. The van der Waals surface area contributed by atoms with Crippen molar-refractivity contribution in [2.24, 2.45) is 0 Å². The zero-order valence-corrected chi connectivity index (χ0v) is 11.6. The van der Waals surface area contributed by atoms with Crippen molar-refractivity contribution >= 4 is 17.9 Å². The van der Waals surface area contributed by atoms with Gasteiger partial charge in [0.25, 0.3) is 0 Å². The second kappa shape index (κ2) is 5.77. The Bertz CT molecular complexity index is 681. The van der Waals surface area contributed by atoms with E-state index in [0.717, 1.165) is 11.6 Å². The summed E-state index contributed by atoms with van der Waals surface area (Å²) >= 11 is 6.11. The molecule has 0 unspecified atom stereocenters. The summed E-state index contributed by atoms with van der Waals surface area (Å²) in [6.07, 6.45) is -4.53. The topological polar surface area (TPSA) is 26.3 Å². The van der Waals surface area contributed by atoms with Gasteiger partial charge in [0.1, 0.15) is 5.75 Å². The standard InChI is InChI=1S/C15H10ClF3O2/c1-9-2-4-12(13(16)6-9)10-3-5-14(11(7-10)8-20)21-15(17,18)19/h2-8H,1H3. The van der Waals surface area contributed by atoms with Crippen LogP contribution in [0.5, 0.6) is 5.75 Å². The van der Waals surface area contributed by atoms with E-state index >= 15 is 0 Å². The van der Waals surface area contributed by atoms with Crippen molar-refractivity contribution in [2.75, 3.05) is 0 Å². The summed E-state index contributed by atoms with van der Waals surface area (Å²) in [6.45, 7) is 1.87. The zero-order chi connectivity index (χ0) is 15.6. The summed E-state index contributed by atoms with van der Waals surface area (Å²) in [5.41, 5.74) is 1.93. The second-order valence-corrected chi connectivity index (χ2v) is 4.81. The highest BCUT2D eigenvalue weighted by atomic mass is 35.5. The summed E-state index contributed by atoms with van der Waals surface area (Å²) in [5, 5.41) is 0.455.